The molecule has 0 saturated heterocycles. The molecule has 1 nitrogen and oxygen atoms in total. The summed E-state index contributed by atoms with van der Waals surface area (Å²) in [4.78, 5) is 0.130. The monoisotopic (exact) mass is 624 g/mol. The summed E-state index contributed by atoms with van der Waals surface area (Å²) in [6.07, 6.45) is 0.552. The Bertz CT molecular complexity index is 1410. The van der Waals surface area contributed by atoms with Crippen LogP contribution in [0.2, 0.25) is 23.2 Å². The van der Waals surface area contributed by atoms with Crippen molar-refractivity contribution in [1.29, 1.82) is 0 Å². The van der Waals surface area contributed by atoms with E-state index in [1.807, 2.05) is 0 Å². The van der Waals surface area contributed by atoms with Crippen molar-refractivity contribution in [2.45, 2.75) is 64.0 Å². The molecule has 0 saturated carbocycles. The fraction of sp³-hybridized carbons (Fsp3) is 0.294. The minimum atomic E-state index is -1.93. The zero-order valence-corrected chi connectivity index (χ0v) is 27.4. The van der Waals surface area contributed by atoms with Gasteiger partial charge in [-0.2, -0.15) is 0 Å². The molecule has 0 amide bonds. The molecule has 5 heteroatoms. The van der Waals surface area contributed by atoms with Crippen LogP contribution in [0.1, 0.15) is 47.8 Å². The second kappa shape index (κ2) is 12.0. The Labute approximate surface area is 246 Å². The quantitative estimate of drug-likeness (QED) is 0.178. The Morgan fingerprint density at radius 3 is 2.05 bits per heavy atom. The molecular formula is C34H38ClFOSeSi. The minimum absolute atomic E-state index is 0.0528. The first-order valence-corrected chi connectivity index (χ1v) is 18.5. The number of hydrogen-bond acceptors (Lipinski definition) is 1. The molecule has 0 aliphatic rings. The van der Waals surface area contributed by atoms with Crippen molar-refractivity contribution in [3.63, 3.8) is 0 Å². The van der Waals surface area contributed by atoms with Gasteiger partial charge in [0.15, 0.2) is 0 Å². The van der Waals surface area contributed by atoms with Crippen molar-refractivity contribution in [1.82, 2.24) is 0 Å². The average molecular weight is 624 g/mol. The molecule has 0 aromatic heterocycles. The molecule has 0 bridgehead atoms. The maximum absolute atomic E-state index is 14.9. The molecule has 0 spiro atoms. The zero-order chi connectivity index (χ0) is 28.4. The van der Waals surface area contributed by atoms with E-state index in [-0.39, 0.29) is 30.6 Å². The van der Waals surface area contributed by atoms with Gasteiger partial charge in [-0.15, -0.1) is 0 Å². The summed E-state index contributed by atoms with van der Waals surface area (Å²) in [5.41, 5.74) is 6.55. The van der Waals surface area contributed by atoms with E-state index < -0.39 is 8.32 Å². The predicted octanol–water partition coefficient (Wildman–Crippen LogP) is 9.46. The third-order valence-electron chi connectivity index (χ3n) is 7.71. The summed E-state index contributed by atoms with van der Waals surface area (Å²) in [6.45, 7) is 15.6. The van der Waals surface area contributed by atoms with E-state index in [0.717, 1.165) is 11.3 Å². The van der Waals surface area contributed by atoms with E-state index in [2.05, 4.69) is 114 Å². The second-order valence-corrected chi connectivity index (χ2v) is 19.6. The first-order valence-electron chi connectivity index (χ1n) is 13.4. The van der Waals surface area contributed by atoms with Gasteiger partial charge in [0.1, 0.15) is 0 Å². The molecule has 4 aromatic carbocycles. The van der Waals surface area contributed by atoms with E-state index >= 15 is 0 Å². The van der Waals surface area contributed by atoms with Crippen molar-refractivity contribution < 1.29 is 8.82 Å². The van der Waals surface area contributed by atoms with E-state index in [4.69, 9.17) is 16.0 Å². The Hall–Kier alpha value is -2.36. The molecule has 4 rings (SSSR count). The Morgan fingerprint density at radius 1 is 0.872 bits per heavy atom. The van der Waals surface area contributed by atoms with E-state index in [1.165, 1.54) is 32.8 Å². The van der Waals surface area contributed by atoms with Gasteiger partial charge in [-0.25, -0.2) is 0 Å². The Kier molecular flexibility index (Phi) is 9.13. The molecule has 39 heavy (non-hydrogen) atoms. The van der Waals surface area contributed by atoms with Crippen molar-refractivity contribution in [3.8, 4) is 16.9 Å². The van der Waals surface area contributed by atoms with Gasteiger partial charge in [-0.1, -0.05) is 0 Å². The molecule has 0 heterocycles. The molecular weight excluding hydrogens is 586 g/mol. The van der Waals surface area contributed by atoms with Crippen LogP contribution in [0, 0.1) is 19.7 Å². The van der Waals surface area contributed by atoms with Gasteiger partial charge >= 0.3 is 247 Å². The van der Waals surface area contributed by atoms with Crippen LogP contribution in [-0.4, -0.2) is 23.3 Å². The van der Waals surface area contributed by atoms with Crippen LogP contribution in [0.15, 0.2) is 84.9 Å². The third kappa shape index (κ3) is 7.24. The van der Waals surface area contributed by atoms with Crippen LogP contribution in [0.3, 0.4) is 0 Å². The van der Waals surface area contributed by atoms with Crippen LogP contribution in [0.25, 0.3) is 11.1 Å². The van der Waals surface area contributed by atoms with Crippen LogP contribution in [0.5, 0.6) is 5.75 Å². The van der Waals surface area contributed by atoms with Crippen LogP contribution < -0.4 is 8.89 Å². The van der Waals surface area contributed by atoms with E-state index in [9.17, 15) is 4.39 Å². The standard InChI is InChI=1S/C34H38ClFOSeSi/c1-23-11-13-25(14-12-23)26-15-17-27(18-16-26)33(22-29-30(35)9-8-10-31(29)36)38-28-19-20-32(24(2)21-28)37-39(6,7)34(3,4)5/h8-21,33H,22H2,1-7H3. The van der Waals surface area contributed by atoms with Crippen molar-refractivity contribution in [2.24, 2.45) is 0 Å². The molecule has 0 aliphatic carbocycles. The molecule has 0 radical (unpaired) electrons. The number of aryl methyl sites for hydroxylation is 2. The first-order chi connectivity index (χ1) is 18.3. The van der Waals surface area contributed by atoms with Crippen molar-refractivity contribution >= 4 is 39.3 Å². The molecule has 0 fully saturated rings. The molecule has 1 atom stereocenters. The van der Waals surface area contributed by atoms with Gasteiger partial charge in [0.2, 0.25) is 0 Å². The number of rotatable bonds is 8. The number of halogens is 2. The van der Waals surface area contributed by atoms with Crippen LogP contribution in [0.4, 0.5) is 4.39 Å². The zero-order valence-electron chi connectivity index (χ0n) is 23.9. The van der Waals surface area contributed by atoms with Gasteiger partial charge in [-0.3, -0.25) is 0 Å². The second-order valence-electron chi connectivity index (χ2n) is 11.8. The SMILES string of the molecule is Cc1ccc(-c2ccc(C(Cc3c(F)cccc3Cl)[Se]c3ccc(O[Si](C)(C)C(C)(C)C)c(C)c3)cc2)cc1. The van der Waals surface area contributed by atoms with E-state index in [0.29, 0.717) is 17.0 Å². The molecule has 4 aromatic rings. The van der Waals surface area contributed by atoms with E-state index in [1.54, 1.807) is 12.1 Å². The van der Waals surface area contributed by atoms with Gasteiger partial charge in [0, 0.05) is 0 Å². The molecule has 0 aliphatic heterocycles. The van der Waals surface area contributed by atoms with Crippen LogP contribution >= 0.6 is 11.6 Å². The summed E-state index contributed by atoms with van der Waals surface area (Å²) in [6, 6.07) is 28.8. The first kappa shape index (κ1) is 29.6. The Morgan fingerprint density at radius 2 is 1.49 bits per heavy atom. The fourth-order valence-corrected chi connectivity index (χ4v) is 8.15. The number of benzene rings is 4. The summed E-state index contributed by atoms with van der Waals surface area (Å²) >= 11 is 6.53. The van der Waals surface area contributed by atoms with Crippen LogP contribution in [-0.2, 0) is 6.42 Å². The fourth-order valence-electron chi connectivity index (χ4n) is 4.18. The average Bonchev–Trinajstić information content (AvgIpc) is 2.87. The maximum atomic E-state index is 14.9. The van der Waals surface area contributed by atoms with Crippen molar-refractivity contribution in [3.05, 3.63) is 118 Å². The summed E-state index contributed by atoms with van der Waals surface area (Å²) in [5.74, 6) is 0.728. The summed E-state index contributed by atoms with van der Waals surface area (Å²) in [5, 5.41) is 0.623. The summed E-state index contributed by atoms with van der Waals surface area (Å²) in [7, 11) is -1.93. The number of hydrogen-bond donors (Lipinski definition) is 0. The van der Waals surface area contributed by atoms with Gasteiger partial charge in [0.25, 0.3) is 0 Å². The summed E-state index contributed by atoms with van der Waals surface area (Å²) < 4.78 is 22.7. The van der Waals surface area contributed by atoms with Gasteiger partial charge in [0.05, 0.1) is 0 Å². The molecule has 204 valence electrons. The Balaban J connectivity index is 1.64. The molecule has 0 N–H and O–H groups in total. The normalized spacial score (nSPS) is 12.8. The van der Waals surface area contributed by atoms with Gasteiger partial charge in [-0.05, 0) is 0 Å². The predicted molar refractivity (Wildman–Crippen MR) is 169 cm³/mol. The third-order valence-corrected chi connectivity index (χ3v) is 15.0. The topological polar surface area (TPSA) is 9.23 Å². The van der Waals surface area contributed by atoms with Gasteiger partial charge < -0.3 is 0 Å². The molecule has 1 unspecified atom stereocenters. The van der Waals surface area contributed by atoms with Crippen molar-refractivity contribution in [2.75, 3.05) is 0 Å².